The monoisotopic (exact) mass is 354 g/mol. The van der Waals surface area contributed by atoms with Crippen LogP contribution >= 0.6 is 0 Å². The van der Waals surface area contributed by atoms with Gasteiger partial charge in [-0.25, -0.2) is 0 Å². The van der Waals surface area contributed by atoms with Crippen LogP contribution in [0.4, 0.5) is 13.2 Å². The zero-order valence-corrected chi connectivity index (χ0v) is 13.5. The number of hydrogen-bond acceptors (Lipinski definition) is 4. The fourth-order valence-electron chi connectivity index (χ4n) is 3.03. The highest BCUT2D eigenvalue weighted by molar-refractivity contribution is 5.99. The summed E-state index contributed by atoms with van der Waals surface area (Å²) in [6.45, 7) is 1.04. The van der Waals surface area contributed by atoms with Gasteiger partial charge in [0.15, 0.2) is 5.76 Å². The van der Waals surface area contributed by atoms with E-state index in [1.807, 2.05) is 0 Å². The second-order valence-electron chi connectivity index (χ2n) is 5.89. The van der Waals surface area contributed by atoms with Gasteiger partial charge in [0.05, 0.1) is 24.4 Å². The minimum atomic E-state index is -4.42. The first-order valence-corrected chi connectivity index (χ1v) is 7.84. The zero-order chi connectivity index (χ0) is 18.0. The molecule has 0 saturated carbocycles. The van der Waals surface area contributed by atoms with Crippen LogP contribution in [0.3, 0.4) is 0 Å². The molecule has 1 aromatic heterocycles. The Hall–Kier alpha value is -2.35. The molecular weight excluding hydrogens is 337 g/mol. The van der Waals surface area contributed by atoms with Crippen LogP contribution in [0.5, 0.6) is 0 Å². The molecule has 8 heteroatoms. The third kappa shape index (κ3) is 3.53. The van der Waals surface area contributed by atoms with E-state index in [1.54, 1.807) is 12.0 Å². The van der Waals surface area contributed by atoms with Gasteiger partial charge in [0.1, 0.15) is 5.56 Å². The molecule has 134 valence electrons. The average molecular weight is 354 g/mol. The summed E-state index contributed by atoms with van der Waals surface area (Å²) in [6, 6.07) is 4.44. The maximum absolute atomic E-state index is 12.8. The predicted molar refractivity (Wildman–Crippen MR) is 82.9 cm³/mol. The molecule has 1 fully saturated rings. The molecule has 1 aliphatic rings. The second-order valence-corrected chi connectivity index (χ2v) is 5.89. The number of carbonyl (C=O) groups excluding carboxylic acids is 1. The lowest BCUT2D eigenvalue weighted by Gasteiger charge is -2.23. The quantitative estimate of drug-likeness (QED) is 0.842. The van der Waals surface area contributed by atoms with Gasteiger partial charge in [0, 0.05) is 19.2 Å². The lowest BCUT2D eigenvalue weighted by atomic mass is 10.1. The lowest BCUT2D eigenvalue weighted by Crippen LogP contribution is -2.38. The molecule has 1 aromatic carbocycles. The maximum Gasteiger partial charge on any atom is 0.416 e. The minimum absolute atomic E-state index is 0.0205. The number of benzene rings is 1. The highest BCUT2D eigenvalue weighted by Crippen LogP contribution is 2.32. The van der Waals surface area contributed by atoms with E-state index in [-0.39, 0.29) is 23.3 Å². The summed E-state index contributed by atoms with van der Waals surface area (Å²) in [7, 11) is 1.58. The number of hydrogen-bond donors (Lipinski definition) is 0. The van der Waals surface area contributed by atoms with Crippen LogP contribution < -0.4 is 0 Å². The number of methoxy groups -OCH3 is 1. The first-order chi connectivity index (χ1) is 11.9. The molecule has 1 aliphatic heterocycles. The van der Waals surface area contributed by atoms with E-state index >= 15 is 0 Å². The van der Waals surface area contributed by atoms with E-state index in [1.165, 1.54) is 18.3 Å². The van der Waals surface area contributed by atoms with Gasteiger partial charge in [-0.05, 0) is 25.0 Å². The van der Waals surface area contributed by atoms with E-state index in [0.717, 1.165) is 25.0 Å². The predicted octanol–water partition coefficient (Wildman–Crippen LogP) is 3.61. The zero-order valence-electron chi connectivity index (χ0n) is 13.5. The molecule has 0 aliphatic carbocycles. The van der Waals surface area contributed by atoms with Crippen molar-refractivity contribution in [1.29, 1.82) is 0 Å². The largest absolute Gasteiger partial charge is 0.416 e. The lowest BCUT2D eigenvalue weighted by molar-refractivity contribution is -0.137. The Bertz CT molecular complexity index is 740. The molecule has 1 saturated heterocycles. The van der Waals surface area contributed by atoms with Crippen molar-refractivity contribution in [3.8, 4) is 11.3 Å². The van der Waals surface area contributed by atoms with E-state index in [2.05, 4.69) is 5.16 Å². The summed E-state index contributed by atoms with van der Waals surface area (Å²) in [4.78, 5) is 14.5. The van der Waals surface area contributed by atoms with Crippen molar-refractivity contribution in [2.75, 3.05) is 20.3 Å². The van der Waals surface area contributed by atoms with Crippen LogP contribution in [0.1, 0.15) is 28.8 Å². The van der Waals surface area contributed by atoms with Crippen LogP contribution in [0, 0.1) is 0 Å². The van der Waals surface area contributed by atoms with Crippen LogP contribution in [-0.2, 0) is 10.9 Å². The van der Waals surface area contributed by atoms with Gasteiger partial charge in [0.25, 0.3) is 5.91 Å². The van der Waals surface area contributed by atoms with Crippen molar-refractivity contribution in [2.24, 2.45) is 0 Å². The molecule has 0 bridgehead atoms. The number of aromatic nitrogens is 1. The summed E-state index contributed by atoms with van der Waals surface area (Å²) in [5.41, 5.74) is -0.151. The highest BCUT2D eigenvalue weighted by Gasteiger charge is 2.33. The molecule has 3 rings (SSSR count). The van der Waals surface area contributed by atoms with Gasteiger partial charge in [-0.2, -0.15) is 13.2 Å². The van der Waals surface area contributed by atoms with E-state index in [9.17, 15) is 18.0 Å². The van der Waals surface area contributed by atoms with Gasteiger partial charge in [-0.15, -0.1) is 0 Å². The third-order valence-electron chi connectivity index (χ3n) is 4.27. The summed E-state index contributed by atoms with van der Waals surface area (Å²) < 4.78 is 48.3. The molecule has 1 atom stereocenters. The Labute approximate surface area is 142 Å². The number of ether oxygens (including phenoxy) is 1. The topological polar surface area (TPSA) is 55.6 Å². The Morgan fingerprint density at radius 3 is 2.72 bits per heavy atom. The normalized spacial score (nSPS) is 17.9. The molecular formula is C17H17F3N2O3. The van der Waals surface area contributed by atoms with Crippen LogP contribution in [0.25, 0.3) is 11.3 Å². The maximum atomic E-state index is 12.8. The molecule has 0 spiro atoms. The van der Waals surface area contributed by atoms with Crippen molar-refractivity contribution in [2.45, 2.75) is 25.1 Å². The van der Waals surface area contributed by atoms with Crippen LogP contribution in [-0.4, -0.2) is 42.3 Å². The first kappa shape index (κ1) is 17.5. The summed E-state index contributed by atoms with van der Waals surface area (Å²) in [6.07, 6.45) is -1.39. The Balaban J connectivity index is 1.86. The molecule has 0 radical (unpaired) electrons. The van der Waals surface area contributed by atoms with E-state index in [0.29, 0.717) is 18.7 Å². The first-order valence-electron chi connectivity index (χ1n) is 7.84. The van der Waals surface area contributed by atoms with Gasteiger partial charge in [-0.3, -0.25) is 4.79 Å². The number of carbonyl (C=O) groups is 1. The van der Waals surface area contributed by atoms with E-state index in [4.69, 9.17) is 9.26 Å². The SMILES string of the molecule is COC[C@H]1CCCN1C(=O)c1cnoc1-c1ccc(C(F)(F)F)cc1. The van der Waals surface area contributed by atoms with E-state index < -0.39 is 11.7 Å². The van der Waals surface area contributed by atoms with Gasteiger partial charge >= 0.3 is 6.18 Å². The summed E-state index contributed by atoms with van der Waals surface area (Å²) >= 11 is 0. The number of rotatable bonds is 4. The standard InChI is InChI=1S/C17H17F3N2O3/c1-24-10-13-3-2-8-22(13)16(23)14-9-21-25-15(14)11-4-6-12(7-5-11)17(18,19)20/h4-7,9,13H,2-3,8,10H2,1H3/t13-/m1/s1. The average Bonchev–Trinajstić information content (AvgIpc) is 3.23. The van der Waals surface area contributed by atoms with Crippen molar-refractivity contribution < 1.29 is 27.2 Å². The molecule has 5 nitrogen and oxygen atoms in total. The molecule has 0 N–H and O–H groups in total. The molecule has 1 amide bonds. The van der Waals surface area contributed by atoms with Crippen molar-refractivity contribution in [1.82, 2.24) is 10.1 Å². The van der Waals surface area contributed by atoms with Crippen molar-refractivity contribution >= 4 is 5.91 Å². The number of alkyl halides is 3. The van der Waals surface area contributed by atoms with Crippen molar-refractivity contribution in [3.63, 3.8) is 0 Å². The second kappa shape index (κ2) is 6.87. The van der Waals surface area contributed by atoms with Gasteiger partial charge < -0.3 is 14.2 Å². The molecule has 0 unspecified atom stereocenters. The number of halogens is 3. The fraction of sp³-hybridized carbons (Fsp3) is 0.412. The molecule has 25 heavy (non-hydrogen) atoms. The minimum Gasteiger partial charge on any atom is -0.383 e. The molecule has 2 aromatic rings. The van der Waals surface area contributed by atoms with Crippen molar-refractivity contribution in [3.05, 3.63) is 41.6 Å². The Kier molecular flexibility index (Phi) is 4.80. The fourth-order valence-corrected chi connectivity index (χ4v) is 3.03. The number of likely N-dealkylation sites (tertiary alicyclic amines) is 1. The third-order valence-corrected chi connectivity index (χ3v) is 4.27. The van der Waals surface area contributed by atoms with Crippen LogP contribution in [0.15, 0.2) is 35.0 Å². The van der Waals surface area contributed by atoms with Crippen LogP contribution in [0.2, 0.25) is 0 Å². The smallest absolute Gasteiger partial charge is 0.383 e. The van der Waals surface area contributed by atoms with Gasteiger partial charge in [0.2, 0.25) is 0 Å². The summed E-state index contributed by atoms with van der Waals surface area (Å²) in [5, 5.41) is 3.66. The Morgan fingerprint density at radius 1 is 1.36 bits per heavy atom. The summed E-state index contributed by atoms with van der Waals surface area (Å²) in [5.74, 6) is -0.0857. The number of nitrogens with zero attached hydrogens (tertiary/aromatic N) is 2. The number of amides is 1. The Morgan fingerprint density at radius 2 is 2.08 bits per heavy atom. The highest BCUT2D eigenvalue weighted by atomic mass is 19.4. The molecule has 2 heterocycles. The van der Waals surface area contributed by atoms with Gasteiger partial charge in [-0.1, -0.05) is 17.3 Å².